The minimum Gasteiger partial charge on any atom is -0.336 e. The first-order valence-electron chi connectivity index (χ1n) is 4.58. The van der Waals surface area contributed by atoms with Crippen LogP contribution in [0.15, 0.2) is 18.7 Å². The number of halogens is 1. The zero-order chi connectivity index (χ0) is 11.5. The zero-order valence-electron chi connectivity index (χ0n) is 9.07. The Morgan fingerprint density at radius 1 is 1.47 bits per heavy atom. The Bertz CT molecular complexity index is 340. The van der Waals surface area contributed by atoms with Crippen molar-refractivity contribution in [3.8, 4) is 0 Å². The van der Waals surface area contributed by atoms with Crippen LogP contribution in [0.25, 0.3) is 0 Å². The highest BCUT2D eigenvalue weighted by molar-refractivity contribution is 9.09. The van der Waals surface area contributed by atoms with Crippen molar-refractivity contribution >= 4 is 21.8 Å². The molecule has 0 radical (unpaired) electrons. The molecule has 1 amide bonds. The van der Waals surface area contributed by atoms with Crippen LogP contribution in [0.3, 0.4) is 0 Å². The van der Waals surface area contributed by atoms with Crippen molar-refractivity contribution in [3.63, 3.8) is 0 Å². The number of carbonyl (C=O) groups excluding carboxylic acids is 1. The number of rotatable bonds is 3. The molecule has 0 aliphatic heterocycles. The molecule has 1 heterocycles. The van der Waals surface area contributed by atoms with Gasteiger partial charge in [-0.15, -0.1) is 0 Å². The van der Waals surface area contributed by atoms with Crippen molar-refractivity contribution in [2.24, 2.45) is 0 Å². The molecule has 0 unspecified atom stereocenters. The van der Waals surface area contributed by atoms with Gasteiger partial charge < -0.3 is 4.90 Å². The van der Waals surface area contributed by atoms with E-state index in [9.17, 15) is 4.79 Å². The highest BCUT2D eigenvalue weighted by Gasteiger charge is 2.27. The number of carbonyl (C=O) groups is 1. The number of nitrogens with zero attached hydrogens (tertiary/aromatic N) is 3. The first kappa shape index (κ1) is 12.1. The van der Waals surface area contributed by atoms with Crippen LogP contribution in [0.5, 0.6) is 0 Å². The van der Waals surface area contributed by atoms with Gasteiger partial charge in [-0.05, 0) is 13.8 Å². The van der Waals surface area contributed by atoms with E-state index in [2.05, 4.69) is 25.9 Å². The summed E-state index contributed by atoms with van der Waals surface area (Å²) in [5, 5.41) is 0.718. The van der Waals surface area contributed by atoms with Gasteiger partial charge in [0, 0.05) is 30.3 Å². The molecular weight excluding hydrogens is 258 g/mol. The Labute approximate surface area is 97.8 Å². The summed E-state index contributed by atoms with van der Waals surface area (Å²) in [6.07, 6.45) is 4.46. The number of aromatic nitrogens is 2. The van der Waals surface area contributed by atoms with Gasteiger partial charge in [-0.1, -0.05) is 15.9 Å². The second-order valence-corrected chi connectivity index (χ2v) is 4.50. The normalized spacial score (nSPS) is 11.2. The Morgan fingerprint density at radius 3 is 2.47 bits per heavy atom. The molecule has 0 N–H and O–H groups in total. The van der Waals surface area contributed by atoms with E-state index in [1.54, 1.807) is 11.9 Å². The lowest BCUT2D eigenvalue weighted by Crippen LogP contribution is -2.46. The second-order valence-electron chi connectivity index (χ2n) is 3.94. The lowest BCUT2D eigenvalue weighted by Gasteiger charge is -2.33. The predicted octanol–water partition coefficient (Wildman–Crippen LogP) is 1.72. The van der Waals surface area contributed by atoms with Crippen molar-refractivity contribution < 1.29 is 4.79 Å². The van der Waals surface area contributed by atoms with E-state index in [-0.39, 0.29) is 11.4 Å². The molecule has 4 nitrogen and oxygen atoms in total. The minimum absolute atomic E-state index is 0.0694. The van der Waals surface area contributed by atoms with Gasteiger partial charge in [0.1, 0.15) is 6.33 Å². The average molecular weight is 272 g/mol. The minimum atomic E-state index is -0.229. The van der Waals surface area contributed by atoms with Gasteiger partial charge in [0.15, 0.2) is 0 Å². The van der Waals surface area contributed by atoms with Crippen LogP contribution in [0.1, 0.15) is 24.2 Å². The molecule has 0 fully saturated rings. The third kappa shape index (κ3) is 2.75. The molecule has 15 heavy (non-hydrogen) atoms. The van der Waals surface area contributed by atoms with Crippen molar-refractivity contribution in [2.45, 2.75) is 19.4 Å². The monoisotopic (exact) mass is 271 g/mol. The Balaban J connectivity index is 2.87. The van der Waals surface area contributed by atoms with Crippen LogP contribution in [-0.4, -0.2) is 38.7 Å². The summed E-state index contributed by atoms with van der Waals surface area (Å²) in [5.41, 5.74) is 0.279. The van der Waals surface area contributed by atoms with Crippen LogP contribution >= 0.6 is 15.9 Å². The summed E-state index contributed by atoms with van der Waals surface area (Å²) in [6.45, 7) is 3.98. The van der Waals surface area contributed by atoms with Gasteiger partial charge in [0.25, 0.3) is 5.91 Å². The van der Waals surface area contributed by atoms with Crippen molar-refractivity contribution in [2.75, 3.05) is 12.4 Å². The molecule has 0 bridgehead atoms. The molecule has 0 aliphatic carbocycles. The topological polar surface area (TPSA) is 46.1 Å². The summed E-state index contributed by atoms with van der Waals surface area (Å²) < 4.78 is 0. The van der Waals surface area contributed by atoms with Gasteiger partial charge in [-0.25, -0.2) is 9.97 Å². The van der Waals surface area contributed by atoms with Crippen LogP contribution in [0.2, 0.25) is 0 Å². The number of hydrogen-bond donors (Lipinski definition) is 0. The second kappa shape index (κ2) is 4.70. The SMILES string of the molecule is CN(C(=O)c1cncnc1)C(C)(C)CBr. The molecule has 0 saturated carbocycles. The highest BCUT2D eigenvalue weighted by atomic mass is 79.9. The zero-order valence-corrected chi connectivity index (χ0v) is 10.7. The number of alkyl halides is 1. The van der Waals surface area contributed by atoms with Gasteiger partial charge in [0.2, 0.25) is 0 Å². The molecule has 1 rings (SSSR count). The van der Waals surface area contributed by atoms with E-state index in [0.29, 0.717) is 5.56 Å². The van der Waals surface area contributed by atoms with Gasteiger partial charge in [-0.3, -0.25) is 4.79 Å². The van der Waals surface area contributed by atoms with Crippen LogP contribution in [-0.2, 0) is 0 Å². The van der Waals surface area contributed by atoms with E-state index in [1.165, 1.54) is 18.7 Å². The first-order valence-corrected chi connectivity index (χ1v) is 5.70. The van der Waals surface area contributed by atoms with Crippen LogP contribution < -0.4 is 0 Å². The van der Waals surface area contributed by atoms with Crippen molar-refractivity contribution in [1.29, 1.82) is 0 Å². The number of hydrogen-bond acceptors (Lipinski definition) is 3. The number of amides is 1. The van der Waals surface area contributed by atoms with Crippen LogP contribution in [0.4, 0.5) is 0 Å². The third-order valence-corrected chi connectivity index (χ3v) is 3.72. The first-order chi connectivity index (χ1) is 6.99. The van der Waals surface area contributed by atoms with Crippen molar-refractivity contribution in [3.05, 3.63) is 24.3 Å². The lowest BCUT2D eigenvalue weighted by atomic mass is 10.1. The lowest BCUT2D eigenvalue weighted by molar-refractivity contribution is 0.0662. The third-order valence-electron chi connectivity index (χ3n) is 2.35. The average Bonchev–Trinajstić information content (AvgIpc) is 2.28. The Hall–Kier alpha value is -0.970. The van der Waals surface area contributed by atoms with Gasteiger partial charge in [0.05, 0.1) is 5.56 Å². The summed E-state index contributed by atoms with van der Waals surface area (Å²) in [6, 6.07) is 0. The molecule has 0 saturated heterocycles. The predicted molar refractivity (Wildman–Crippen MR) is 62.0 cm³/mol. The molecule has 0 aromatic carbocycles. The fourth-order valence-electron chi connectivity index (χ4n) is 0.968. The molecule has 0 aliphatic rings. The standard InChI is InChI=1S/C10H14BrN3O/c1-10(2,6-11)14(3)9(15)8-4-12-7-13-5-8/h4-5,7H,6H2,1-3H3. The maximum Gasteiger partial charge on any atom is 0.257 e. The summed E-state index contributed by atoms with van der Waals surface area (Å²) >= 11 is 3.39. The summed E-state index contributed by atoms with van der Waals surface area (Å²) in [7, 11) is 1.77. The highest BCUT2D eigenvalue weighted by Crippen LogP contribution is 2.17. The summed E-state index contributed by atoms with van der Waals surface area (Å²) in [5.74, 6) is -0.0694. The molecule has 1 aromatic heterocycles. The fraction of sp³-hybridized carbons (Fsp3) is 0.500. The molecule has 82 valence electrons. The Morgan fingerprint density at radius 2 is 2.00 bits per heavy atom. The largest absolute Gasteiger partial charge is 0.336 e. The van der Waals surface area contributed by atoms with E-state index in [1.807, 2.05) is 13.8 Å². The molecule has 5 heteroatoms. The van der Waals surface area contributed by atoms with E-state index in [4.69, 9.17) is 0 Å². The Kier molecular flexibility index (Phi) is 3.79. The molecule has 0 spiro atoms. The maximum absolute atomic E-state index is 12.0. The van der Waals surface area contributed by atoms with E-state index < -0.39 is 0 Å². The summed E-state index contributed by atoms with van der Waals surface area (Å²) in [4.78, 5) is 21.3. The quantitative estimate of drug-likeness (QED) is 0.787. The molecule has 0 atom stereocenters. The fourth-order valence-corrected chi connectivity index (χ4v) is 1.34. The molecule has 1 aromatic rings. The van der Waals surface area contributed by atoms with Crippen molar-refractivity contribution in [1.82, 2.24) is 14.9 Å². The maximum atomic E-state index is 12.0. The molecular formula is C10H14BrN3O. The van der Waals surface area contributed by atoms with Gasteiger partial charge in [-0.2, -0.15) is 0 Å². The van der Waals surface area contributed by atoms with E-state index in [0.717, 1.165) is 5.33 Å². The van der Waals surface area contributed by atoms with Gasteiger partial charge >= 0.3 is 0 Å². The van der Waals surface area contributed by atoms with E-state index >= 15 is 0 Å². The van der Waals surface area contributed by atoms with Crippen LogP contribution in [0, 0.1) is 0 Å². The smallest absolute Gasteiger partial charge is 0.257 e.